The van der Waals surface area contributed by atoms with E-state index in [9.17, 15) is 0 Å². The van der Waals surface area contributed by atoms with Crippen molar-refractivity contribution in [2.24, 2.45) is 0 Å². The van der Waals surface area contributed by atoms with E-state index in [4.69, 9.17) is 4.74 Å². The van der Waals surface area contributed by atoms with Crippen LogP contribution in [0, 0.1) is 0 Å². The Kier molecular flexibility index (Phi) is 3.55. The van der Waals surface area contributed by atoms with Gasteiger partial charge in [-0.25, -0.2) is 0 Å². The van der Waals surface area contributed by atoms with E-state index in [1.807, 2.05) is 12.1 Å². The molecule has 0 aliphatic heterocycles. The van der Waals surface area contributed by atoms with Crippen LogP contribution < -0.4 is 10.1 Å². The van der Waals surface area contributed by atoms with Crippen molar-refractivity contribution in [2.75, 3.05) is 12.4 Å². The Labute approximate surface area is 119 Å². The van der Waals surface area contributed by atoms with Crippen LogP contribution in [0.2, 0.25) is 0 Å². The molecule has 3 rings (SSSR count). The lowest BCUT2D eigenvalue weighted by atomic mass is 10.1. The van der Waals surface area contributed by atoms with E-state index in [0.717, 1.165) is 18.0 Å². The summed E-state index contributed by atoms with van der Waals surface area (Å²) in [4.78, 5) is 0. The first kappa shape index (κ1) is 12.5. The maximum Gasteiger partial charge on any atom is 0.119 e. The van der Waals surface area contributed by atoms with Crippen LogP contribution in [-0.4, -0.2) is 7.11 Å². The fourth-order valence-corrected chi connectivity index (χ4v) is 2.36. The molecular weight excluding hydrogens is 246 g/mol. The fourth-order valence-electron chi connectivity index (χ4n) is 2.36. The number of fused-ring (bicyclic) bond motifs is 1. The van der Waals surface area contributed by atoms with E-state index in [0.29, 0.717) is 0 Å². The van der Waals surface area contributed by atoms with Crippen molar-refractivity contribution in [2.45, 2.75) is 6.54 Å². The van der Waals surface area contributed by atoms with Crippen LogP contribution in [0.4, 0.5) is 5.69 Å². The van der Waals surface area contributed by atoms with Gasteiger partial charge >= 0.3 is 0 Å². The molecule has 0 amide bonds. The second kappa shape index (κ2) is 5.66. The summed E-state index contributed by atoms with van der Waals surface area (Å²) >= 11 is 0. The van der Waals surface area contributed by atoms with Gasteiger partial charge in [-0.15, -0.1) is 0 Å². The van der Waals surface area contributed by atoms with Gasteiger partial charge in [0.15, 0.2) is 0 Å². The first-order valence-corrected chi connectivity index (χ1v) is 6.71. The van der Waals surface area contributed by atoms with Gasteiger partial charge in [0.05, 0.1) is 7.11 Å². The molecule has 20 heavy (non-hydrogen) atoms. The molecule has 2 heteroatoms. The van der Waals surface area contributed by atoms with Crippen molar-refractivity contribution in [1.82, 2.24) is 0 Å². The predicted octanol–water partition coefficient (Wildman–Crippen LogP) is 4.46. The number of anilines is 1. The summed E-state index contributed by atoms with van der Waals surface area (Å²) in [6.07, 6.45) is 0. The van der Waals surface area contributed by atoms with Gasteiger partial charge in [0.1, 0.15) is 5.75 Å². The third-order valence-electron chi connectivity index (χ3n) is 3.41. The van der Waals surface area contributed by atoms with E-state index in [2.05, 4.69) is 59.9 Å². The number of hydrogen-bond acceptors (Lipinski definition) is 2. The van der Waals surface area contributed by atoms with Gasteiger partial charge in [0.2, 0.25) is 0 Å². The minimum Gasteiger partial charge on any atom is -0.497 e. The number of nitrogens with one attached hydrogen (secondary N) is 1. The molecule has 0 saturated heterocycles. The summed E-state index contributed by atoms with van der Waals surface area (Å²) in [6, 6.07) is 22.9. The summed E-state index contributed by atoms with van der Waals surface area (Å²) in [5.74, 6) is 0.891. The second-order valence-electron chi connectivity index (χ2n) is 4.73. The number of ether oxygens (including phenoxy) is 1. The SMILES string of the molecule is COc1cccc(CNc2cccc3ccccc23)c1. The zero-order valence-electron chi connectivity index (χ0n) is 11.5. The van der Waals surface area contributed by atoms with E-state index in [-0.39, 0.29) is 0 Å². The molecule has 1 N–H and O–H groups in total. The normalized spacial score (nSPS) is 10.4. The number of hydrogen-bond donors (Lipinski definition) is 1. The van der Waals surface area contributed by atoms with E-state index in [1.54, 1.807) is 7.11 Å². The molecule has 0 bridgehead atoms. The Morgan fingerprint density at radius 3 is 2.60 bits per heavy atom. The van der Waals surface area contributed by atoms with Crippen LogP contribution in [-0.2, 0) is 6.54 Å². The smallest absolute Gasteiger partial charge is 0.119 e. The first-order valence-electron chi connectivity index (χ1n) is 6.71. The van der Waals surface area contributed by atoms with Gasteiger partial charge in [-0.3, -0.25) is 0 Å². The lowest BCUT2D eigenvalue weighted by Gasteiger charge is -2.10. The molecular formula is C18H17NO. The Morgan fingerprint density at radius 2 is 1.70 bits per heavy atom. The van der Waals surface area contributed by atoms with Crippen molar-refractivity contribution >= 4 is 16.5 Å². The molecule has 0 aromatic heterocycles. The van der Waals surface area contributed by atoms with Crippen LogP contribution in [0.25, 0.3) is 10.8 Å². The third-order valence-corrected chi connectivity index (χ3v) is 3.41. The summed E-state index contributed by atoms with van der Waals surface area (Å²) < 4.78 is 5.25. The zero-order chi connectivity index (χ0) is 13.8. The number of rotatable bonds is 4. The van der Waals surface area contributed by atoms with Crippen LogP contribution in [0.5, 0.6) is 5.75 Å². The monoisotopic (exact) mass is 263 g/mol. The van der Waals surface area contributed by atoms with Crippen molar-refractivity contribution in [3.05, 3.63) is 72.3 Å². The molecule has 0 aliphatic rings. The molecule has 2 nitrogen and oxygen atoms in total. The van der Waals surface area contributed by atoms with Crippen molar-refractivity contribution in [3.8, 4) is 5.75 Å². The average Bonchev–Trinajstić information content (AvgIpc) is 2.53. The summed E-state index contributed by atoms with van der Waals surface area (Å²) in [6.45, 7) is 0.783. The molecule has 0 radical (unpaired) electrons. The van der Waals surface area contributed by atoms with E-state index in [1.165, 1.54) is 16.3 Å². The lowest BCUT2D eigenvalue weighted by molar-refractivity contribution is 0.414. The molecule has 0 spiro atoms. The van der Waals surface area contributed by atoms with Crippen LogP contribution in [0.3, 0.4) is 0 Å². The largest absolute Gasteiger partial charge is 0.497 e. The molecule has 3 aromatic rings. The highest BCUT2D eigenvalue weighted by molar-refractivity contribution is 5.93. The highest BCUT2D eigenvalue weighted by Crippen LogP contribution is 2.23. The second-order valence-corrected chi connectivity index (χ2v) is 4.73. The zero-order valence-corrected chi connectivity index (χ0v) is 11.5. The Bertz CT molecular complexity index is 716. The Balaban J connectivity index is 1.83. The maximum atomic E-state index is 5.25. The average molecular weight is 263 g/mol. The van der Waals surface area contributed by atoms with Crippen molar-refractivity contribution < 1.29 is 4.74 Å². The molecule has 0 heterocycles. The molecule has 0 atom stereocenters. The lowest BCUT2D eigenvalue weighted by Crippen LogP contribution is -2.00. The molecule has 100 valence electrons. The predicted molar refractivity (Wildman–Crippen MR) is 84.3 cm³/mol. The van der Waals surface area contributed by atoms with Crippen LogP contribution >= 0.6 is 0 Å². The summed E-state index contributed by atoms with van der Waals surface area (Å²) in [7, 11) is 1.69. The van der Waals surface area contributed by atoms with E-state index >= 15 is 0 Å². The highest BCUT2D eigenvalue weighted by atomic mass is 16.5. The quantitative estimate of drug-likeness (QED) is 0.750. The van der Waals surface area contributed by atoms with Crippen LogP contribution in [0.1, 0.15) is 5.56 Å². The molecule has 0 saturated carbocycles. The molecule has 0 aliphatic carbocycles. The molecule has 0 fully saturated rings. The standard InChI is InChI=1S/C18H17NO/c1-20-16-9-4-6-14(12-16)13-19-18-11-5-8-15-7-2-3-10-17(15)18/h2-12,19H,13H2,1H3. The minimum absolute atomic E-state index is 0.783. The highest BCUT2D eigenvalue weighted by Gasteiger charge is 2.00. The van der Waals surface area contributed by atoms with Gasteiger partial charge in [0, 0.05) is 17.6 Å². The van der Waals surface area contributed by atoms with Gasteiger partial charge in [0.25, 0.3) is 0 Å². The molecule has 3 aromatic carbocycles. The fraction of sp³-hybridized carbons (Fsp3) is 0.111. The first-order chi connectivity index (χ1) is 9.86. The van der Waals surface area contributed by atoms with Gasteiger partial charge in [-0.1, -0.05) is 48.5 Å². The number of benzene rings is 3. The minimum atomic E-state index is 0.783. The van der Waals surface area contributed by atoms with E-state index < -0.39 is 0 Å². The maximum absolute atomic E-state index is 5.25. The van der Waals surface area contributed by atoms with Crippen LogP contribution in [0.15, 0.2) is 66.7 Å². The summed E-state index contributed by atoms with van der Waals surface area (Å²) in [5.41, 5.74) is 2.36. The third kappa shape index (κ3) is 2.59. The van der Waals surface area contributed by atoms with Crippen molar-refractivity contribution in [3.63, 3.8) is 0 Å². The van der Waals surface area contributed by atoms with Gasteiger partial charge in [-0.05, 0) is 29.1 Å². The summed E-state index contributed by atoms with van der Waals surface area (Å²) in [5, 5.41) is 6.00. The van der Waals surface area contributed by atoms with Gasteiger partial charge < -0.3 is 10.1 Å². The van der Waals surface area contributed by atoms with Gasteiger partial charge in [-0.2, -0.15) is 0 Å². The topological polar surface area (TPSA) is 21.3 Å². The van der Waals surface area contributed by atoms with Crippen molar-refractivity contribution in [1.29, 1.82) is 0 Å². The molecule has 0 unspecified atom stereocenters. The number of methoxy groups -OCH3 is 1. The Morgan fingerprint density at radius 1 is 0.900 bits per heavy atom. The Hall–Kier alpha value is -2.48.